The smallest absolute Gasteiger partial charge is 0.414 e. The molecule has 5 saturated carbocycles. The summed E-state index contributed by atoms with van der Waals surface area (Å²) >= 11 is 0. The van der Waals surface area contributed by atoms with E-state index in [0.29, 0.717) is 29.0 Å². The molecule has 0 saturated heterocycles. The van der Waals surface area contributed by atoms with Gasteiger partial charge < -0.3 is 20.7 Å². The van der Waals surface area contributed by atoms with E-state index in [-0.39, 0.29) is 47.2 Å². The monoisotopic (exact) mass is 730 g/mol. The fourth-order valence-corrected chi connectivity index (χ4v) is 8.36. The van der Waals surface area contributed by atoms with E-state index in [1.54, 1.807) is 4.90 Å². The number of carbonyl (C=O) groups excluding carboxylic acids is 3. The van der Waals surface area contributed by atoms with E-state index >= 15 is 0 Å². The fourth-order valence-electron chi connectivity index (χ4n) is 8.36. The van der Waals surface area contributed by atoms with Crippen molar-refractivity contribution >= 4 is 29.3 Å². The lowest BCUT2D eigenvalue weighted by molar-refractivity contribution is 0.0921. The lowest BCUT2D eigenvalue weighted by Gasteiger charge is -2.48. The molecule has 4 bridgehead atoms. The number of ether oxygens (including phenoxy) is 1. The standard InChI is InChI=1S/C23H22FN3O3.C19H18FN3O/c24-15-3-1-13(2-4-15)21(28)26-23(9-10-23)19-8-7-18-20(25-19)14-11-16(12-14)27(18)22(29)30-17-5-6-17;20-13-3-1-11(2-4-13)18(24)23-19(7-8-19)16-6-5-15-17(22-16)12-9-14(10-12)21-15/h1-4,7-8,14,16-17H,5-6,9-12H2,(H,26,28);1-6,12,14,21H,7-10H2,(H,23,24). The molecule has 0 atom stereocenters. The van der Waals surface area contributed by atoms with E-state index in [0.717, 1.165) is 85.5 Å². The van der Waals surface area contributed by atoms with Crippen molar-refractivity contribution in [3.63, 3.8) is 0 Å². The molecule has 12 heteroatoms. The minimum absolute atomic E-state index is 0.0717. The van der Waals surface area contributed by atoms with Gasteiger partial charge in [-0.05, 0) is 137 Å². The Bertz CT molecular complexity index is 2170. The van der Waals surface area contributed by atoms with E-state index in [9.17, 15) is 23.2 Å². The Morgan fingerprint density at radius 1 is 0.685 bits per heavy atom. The van der Waals surface area contributed by atoms with Crippen LogP contribution in [0.5, 0.6) is 0 Å². The van der Waals surface area contributed by atoms with Gasteiger partial charge in [-0.3, -0.25) is 24.5 Å². The molecule has 0 spiro atoms. The molecule has 6 heterocycles. The summed E-state index contributed by atoms with van der Waals surface area (Å²) < 4.78 is 31.7. The summed E-state index contributed by atoms with van der Waals surface area (Å²) in [7, 11) is 0. The van der Waals surface area contributed by atoms with Crippen LogP contribution in [-0.2, 0) is 15.8 Å². The molecular weight excluding hydrogens is 690 g/mol. The first-order chi connectivity index (χ1) is 26.1. The summed E-state index contributed by atoms with van der Waals surface area (Å²) in [5.41, 5.74) is 5.91. The Kier molecular flexibility index (Phi) is 7.58. The van der Waals surface area contributed by atoms with Crippen LogP contribution >= 0.6 is 0 Å². The number of aromatic nitrogens is 2. The van der Waals surface area contributed by atoms with E-state index < -0.39 is 5.54 Å². The quantitative estimate of drug-likeness (QED) is 0.182. The number of benzene rings is 2. The lowest BCUT2D eigenvalue weighted by atomic mass is 9.72. The third-order valence-electron chi connectivity index (χ3n) is 12.2. The molecule has 4 aromatic rings. The third kappa shape index (κ3) is 5.95. The molecule has 3 amide bonds. The van der Waals surface area contributed by atoms with Gasteiger partial charge in [0.25, 0.3) is 11.8 Å². The van der Waals surface area contributed by atoms with Gasteiger partial charge in [0, 0.05) is 35.0 Å². The highest BCUT2D eigenvalue weighted by Gasteiger charge is 2.51. The van der Waals surface area contributed by atoms with Crippen LogP contribution in [0.15, 0.2) is 72.8 Å². The van der Waals surface area contributed by atoms with E-state index in [4.69, 9.17) is 14.7 Å². The van der Waals surface area contributed by atoms with Gasteiger partial charge in [-0.1, -0.05) is 0 Å². The molecular formula is C42H40F2N6O4. The summed E-state index contributed by atoms with van der Waals surface area (Å²) in [6.07, 6.45) is 9.29. The van der Waals surface area contributed by atoms with Crippen molar-refractivity contribution in [2.75, 3.05) is 10.2 Å². The molecule has 5 aliphatic carbocycles. The highest BCUT2D eigenvalue weighted by atomic mass is 19.1. The number of anilines is 2. The topological polar surface area (TPSA) is 126 Å². The van der Waals surface area contributed by atoms with Crippen LogP contribution in [0.3, 0.4) is 0 Å². The van der Waals surface area contributed by atoms with E-state index in [1.807, 2.05) is 18.2 Å². The molecule has 2 aromatic carbocycles. The predicted molar refractivity (Wildman–Crippen MR) is 195 cm³/mol. The maximum Gasteiger partial charge on any atom is 0.414 e. The first-order valence-corrected chi connectivity index (χ1v) is 19.1. The molecule has 5 fully saturated rings. The average Bonchev–Trinajstić information content (AvgIpc) is 4.04. The van der Waals surface area contributed by atoms with Gasteiger partial charge in [0.05, 0.1) is 45.2 Å². The number of nitrogens with zero attached hydrogens (tertiary/aromatic N) is 3. The highest BCUT2D eigenvalue weighted by Crippen LogP contribution is 2.53. The van der Waals surface area contributed by atoms with Gasteiger partial charge in [0.2, 0.25) is 0 Å². The molecule has 13 rings (SSSR count). The van der Waals surface area contributed by atoms with Gasteiger partial charge in [-0.2, -0.15) is 0 Å². The van der Waals surface area contributed by atoms with Crippen LogP contribution in [0, 0.1) is 11.6 Å². The number of pyridine rings is 2. The molecule has 2 aromatic heterocycles. The van der Waals surface area contributed by atoms with E-state index in [2.05, 4.69) is 22.0 Å². The van der Waals surface area contributed by atoms with Gasteiger partial charge in [0.1, 0.15) is 17.7 Å². The number of rotatable bonds is 7. The normalized spacial score (nSPS) is 25.0. The van der Waals surface area contributed by atoms with Crippen LogP contribution < -0.4 is 20.9 Å². The van der Waals surface area contributed by atoms with Crippen LogP contribution in [0.2, 0.25) is 0 Å². The van der Waals surface area contributed by atoms with Gasteiger partial charge in [-0.15, -0.1) is 0 Å². The Morgan fingerprint density at radius 3 is 1.74 bits per heavy atom. The second kappa shape index (κ2) is 12.3. The summed E-state index contributed by atoms with van der Waals surface area (Å²) in [6, 6.07) is 20.0. The van der Waals surface area contributed by atoms with Crippen molar-refractivity contribution in [2.45, 2.75) is 105 Å². The number of nitrogens with one attached hydrogen (secondary N) is 3. The maximum absolute atomic E-state index is 13.1. The average molecular weight is 731 g/mol. The Hall–Kier alpha value is -5.39. The van der Waals surface area contributed by atoms with Crippen LogP contribution in [0.25, 0.3) is 0 Å². The first-order valence-electron chi connectivity index (χ1n) is 19.1. The molecule has 3 N–H and O–H groups in total. The number of halogens is 2. The van der Waals surface area contributed by atoms with Gasteiger partial charge in [0.15, 0.2) is 0 Å². The number of amides is 3. The second-order valence-corrected chi connectivity index (χ2v) is 16.1. The highest BCUT2D eigenvalue weighted by molar-refractivity contribution is 5.96. The Morgan fingerprint density at radius 2 is 1.20 bits per heavy atom. The second-order valence-electron chi connectivity index (χ2n) is 16.1. The SMILES string of the molecule is O=C(NC1(c2ccc3c(n2)C2CC(C2)N3)CC1)c1ccc(F)cc1.O=C(NC1(c2ccc3c(n2)C2CC(C2)N3C(=O)OC2CC2)CC1)c1ccc(F)cc1. The zero-order valence-electron chi connectivity index (χ0n) is 29.6. The zero-order chi connectivity index (χ0) is 36.8. The lowest BCUT2D eigenvalue weighted by Crippen LogP contribution is -2.52. The van der Waals surface area contributed by atoms with Crippen LogP contribution in [0.4, 0.5) is 25.0 Å². The molecule has 54 heavy (non-hydrogen) atoms. The van der Waals surface area contributed by atoms with Crippen molar-refractivity contribution < 1.29 is 27.9 Å². The third-order valence-corrected chi connectivity index (χ3v) is 12.2. The largest absolute Gasteiger partial charge is 0.446 e. The summed E-state index contributed by atoms with van der Waals surface area (Å²) in [6.45, 7) is 0. The van der Waals surface area contributed by atoms with Crippen molar-refractivity contribution in [3.8, 4) is 0 Å². The van der Waals surface area contributed by atoms with Gasteiger partial charge >= 0.3 is 6.09 Å². The first kappa shape index (κ1) is 33.2. The van der Waals surface area contributed by atoms with Crippen molar-refractivity contribution in [1.82, 2.24) is 20.6 Å². The minimum atomic E-state index is -0.486. The predicted octanol–water partition coefficient (Wildman–Crippen LogP) is 7.32. The molecule has 9 aliphatic rings. The molecule has 0 radical (unpaired) electrons. The van der Waals surface area contributed by atoms with Gasteiger partial charge in [-0.25, -0.2) is 13.6 Å². The van der Waals surface area contributed by atoms with Crippen LogP contribution in [0.1, 0.15) is 120 Å². The number of carbonyl (C=O) groups is 3. The molecule has 4 aliphatic heterocycles. The Labute approximate surface area is 311 Å². The van der Waals surface area contributed by atoms with Crippen molar-refractivity contribution in [2.24, 2.45) is 0 Å². The number of hydrogen-bond acceptors (Lipinski definition) is 7. The summed E-state index contributed by atoms with van der Waals surface area (Å²) in [5, 5.41) is 9.71. The fraction of sp³-hybridized carbons (Fsp3) is 0.405. The number of hydrogen-bond donors (Lipinski definition) is 3. The van der Waals surface area contributed by atoms with Crippen molar-refractivity contribution in [3.05, 3.63) is 118 Å². The van der Waals surface area contributed by atoms with E-state index in [1.165, 1.54) is 61.4 Å². The summed E-state index contributed by atoms with van der Waals surface area (Å²) in [5.74, 6) is -0.185. The zero-order valence-corrected chi connectivity index (χ0v) is 29.6. The van der Waals surface area contributed by atoms with Crippen LogP contribution in [-0.4, -0.2) is 46.1 Å². The molecule has 10 nitrogen and oxygen atoms in total. The van der Waals surface area contributed by atoms with Crippen molar-refractivity contribution in [1.29, 1.82) is 0 Å². The molecule has 0 unspecified atom stereocenters. The summed E-state index contributed by atoms with van der Waals surface area (Å²) in [4.78, 5) is 49.4. The molecule has 276 valence electrons. The maximum atomic E-state index is 13.1. The minimum Gasteiger partial charge on any atom is -0.446 e. The Balaban J connectivity index is 0.000000137.